The molecule has 0 radical (unpaired) electrons. The van der Waals surface area contributed by atoms with Gasteiger partial charge in [-0.1, -0.05) is 43.2 Å². The molecule has 2 aliphatic rings. The van der Waals surface area contributed by atoms with Gasteiger partial charge in [-0.3, -0.25) is 0 Å². The first-order valence-electron chi connectivity index (χ1n) is 11.5. The first kappa shape index (κ1) is 19.9. The molecule has 0 spiro atoms. The van der Waals surface area contributed by atoms with Gasteiger partial charge >= 0.3 is 6.03 Å². The number of piperidine rings is 1. The van der Waals surface area contributed by atoms with Gasteiger partial charge in [-0.15, -0.1) is 0 Å². The number of fused-ring (bicyclic) bond motifs is 1. The number of aromatic nitrogens is 1. The summed E-state index contributed by atoms with van der Waals surface area (Å²) >= 11 is 0. The summed E-state index contributed by atoms with van der Waals surface area (Å²) in [5.74, 6) is 0.514. The molecule has 1 atom stereocenters. The van der Waals surface area contributed by atoms with Crippen LogP contribution in [0.25, 0.3) is 11.1 Å². The zero-order valence-electron chi connectivity index (χ0n) is 17.9. The first-order chi connectivity index (χ1) is 15.3. The number of carbonyl (C=O) groups is 1. The molecular weight excluding hydrogens is 388 g/mol. The fourth-order valence-electron chi connectivity index (χ4n) is 5.06. The second-order valence-corrected chi connectivity index (χ2v) is 8.69. The van der Waals surface area contributed by atoms with Crippen LogP contribution in [0.3, 0.4) is 0 Å². The molecule has 31 heavy (non-hydrogen) atoms. The van der Waals surface area contributed by atoms with Gasteiger partial charge < -0.3 is 19.5 Å². The quantitative estimate of drug-likeness (QED) is 0.608. The molecule has 2 amide bonds. The Bertz CT molecular complexity index is 978. The van der Waals surface area contributed by atoms with Crippen molar-refractivity contribution in [1.82, 2.24) is 9.88 Å². The van der Waals surface area contributed by atoms with E-state index in [9.17, 15) is 4.79 Å². The zero-order valence-corrected chi connectivity index (χ0v) is 17.9. The zero-order chi connectivity index (χ0) is 21.0. The molecule has 2 saturated heterocycles. The number of benzene rings is 2. The van der Waals surface area contributed by atoms with Crippen molar-refractivity contribution in [2.24, 2.45) is 5.92 Å². The summed E-state index contributed by atoms with van der Waals surface area (Å²) in [6, 6.07) is 18.8. The van der Waals surface area contributed by atoms with Crippen molar-refractivity contribution in [3.05, 3.63) is 54.6 Å². The Balaban J connectivity index is 1.26. The van der Waals surface area contributed by atoms with Crippen molar-refractivity contribution < 1.29 is 9.21 Å². The highest BCUT2D eigenvalue weighted by Gasteiger charge is 2.34. The van der Waals surface area contributed by atoms with Crippen LogP contribution >= 0.6 is 0 Å². The van der Waals surface area contributed by atoms with Gasteiger partial charge in [-0.25, -0.2) is 4.79 Å². The Kier molecular flexibility index (Phi) is 5.78. The predicted molar refractivity (Wildman–Crippen MR) is 123 cm³/mol. The van der Waals surface area contributed by atoms with Crippen molar-refractivity contribution in [3.63, 3.8) is 0 Å². The molecule has 162 valence electrons. The number of likely N-dealkylation sites (tertiary alicyclic amines) is 1. The smallest absolute Gasteiger partial charge is 0.322 e. The minimum absolute atomic E-state index is 0.0412. The normalized spacial score (nSPS) is 20.6. The standard InChI is InChI=1S/C25H30N4O2/c30-24(26-20-9-3-1-4-10-20)29-16-8-2-5-12-22(29)19-14-17-28(18-15-19)25-27-21-11-6-7-13-23(21)31-25/h1,3-4,6-7,9-11,13,19,22H,2,5,8,12,14-18H2,(H,26,30)/t22-/m0/s1. The third-order valence-corrected chi connectivity index (χ3v) is 6.72. The van der Waals surface area contributed by atoms with Crippen molar-refractivity contribution in [3.8, 4) is 0 Å². The monoisotopic (exact) mass is 418 g/mol. The summed E-state index contributed by atoms with van der Waals surface area (Å²) in [6.07, 6.45) is 6.69. The molecule has 6 nitrogen and oxygen atoms in total. The van der Waals surface area contributed by atoms with E-state index in [-0.39, 0.29) is 6.03 Å². The van der Waals surface area contributed by atoms with Gasteiger partial charge in [0.1, 0.15) is 5.52 Å². The van der Waals surface area contributed by atoms with Crippen LogP contribution in [0, 0.1) is 5.92 Å². The highest BCUT2D eigenvalue weighted by molar-refractivity contribution is 5.89. The van der Waals surface area contributed by atoms with Gasteiger partial charge in [-0.2, -0.15) is 4.98 Å². The molecule has 1 aromatic heterocycles. The van der Waals surface area contributed by atoms with Crippen molar-refractivity contribution in [1.29, 1.82) is 0 Å². The van der Waals surface area contributed by atoms with Crippen LogP contribution < -0.4 is 10.2 Å². The van der Waals surface area contributed by atoms with E-state index in [0.717, 1.165) is 68.1 Å². The number of para-hydroxylation sites is 3. The van der Waals surface area contributed by atoms with Crippen LogP contribution in [0.5, 0.6) is 0 Å². The number of rotatable bonds is 3. The van der Waals surface area contributed by atoms with Crippen molar-refractivity contribution in [2.45, 2.75) is 44.6 Å². The number of anilines is 2. The summed E-state index contributed by atoms with van der Waals surface area (Å²) in [5.41, 5.74) is 2.61. The van der Waals surface area contributed by atoms with E-state index in [1.165, 1.54) is 12.8 Å². The van der Waals surface area contributed by atoms with Gasteiger partial charge in [0.25, 0.3) is 6.01 Å². The van der Waals surface area contributed by atoms with Crippen LogP contribution in [0.15, 0.2) is 59.0 Å². The van der Waals surface area contributed by atoms with E-state index >= 15 is 0 Å². The maximum atomic E-state index is 13.1. The van der Waals surface area contributed by atoms with E-state index < -0.39 is 0 Å². The highest BCUT2D eigenvalue weighted by Crippen LogP contribution is 2.32. The van der Waals surface area contributed by atoms with Crippen molar-refractivity contribution in [2.75, 3.05) is 29.9 Å². The number of amides is 2. The lowest BCUT2D eigenvalue weighted by Gasteiger charge is -2.40. The number of carbonyl (C=O) groups excluding carboxylic acids is 1. The van der Waals surface area contributed by atoms with E-state index in [4.69, 9.17) is 4.42 Å². The number of hydrogen-bond acceptors (Lipinski definition) is 4. The molecule has 0 saturated carbocycles. The molecule has 0 unspecified atom stereocenters. The van der Waals surface area contributed by atoms with E-state index in [0.29, 0.717) is 12.0 Å². The highest BCUT2D eigenvalue weighted by atomic mass is 16.4. The lowest BCUT2D eigenvalue weighted by atomic mass is 9.86. The molecule has 1 N–H and O–H groups in total. The number of nitrogens with zero attached hydrogens (tertiary/aromatic N) is 3. The van der Waals surface area contributed by atoms with Gasteiger partial charge in [0, 0.05) is 31.4 Å². The Hall–Kier alpha value is -3.02. The molecule has 3 aromatic rings. The molecule has 6 heteroatoms. The Morgan fingerprint density at radius 1 is 0.903 bits per heavy atom. The largest absolute Gasteiger partial charge is 0.423 e. The van der Waals surface area contributed by atoms with Crippen LogP contribution in [0.2, 0.25) is 0 Å². The molecule has 5 rings (SSSR count). The maximum absolute atomic E-state index is 13.1. The maximum Gasteiger partial charge on any atom is 0.322 e. The average Bonchev–Trinajstić information content (AvgIpc) is 3.09. The van der Waals surface area contributed by atoms with Crippen LogP contribution in [0.4, 0.5) is 16.5 Å². The summed E-state index contributed by atoms with van der Waals surface area (Å²) in [4.78, 5) is 22.2. The van der Waals surface area contributed by atoms with Gasteiger partial charge in [0.2, 0.25) is 0 Å². The molecule has 2 aliphatic heterocycles. The van der Waals surface area contributed by atoms with E-state index in [1.54, 1.807) is 0 Å². The molecule has 0 aliphatic carbocycles. The first-order valence-corrected chi connectivity index (χ1v) is 11.5. The molecular formula is C25H30N4O2. The topological polar surface area (TPSA) is 61.6 Å². The molecule has 3 heterocycles. The second-order valence-electron chi connectivity index (χ2n) is 8.69. The fourth-order valence-corrected chi connectivity index (χ4v) is 5.06. The number of hydrogen-bond donors (Lipinski definition) is 1. The Morgan fingerprint density at radius 2 is 1.68 bits per heavy atom. The minimum Gasteiger partial charge on any atom is -0.423 e. The van der Waals surface area contributed by atoms with Gasteiger partial charge in [0.15, 0.2) is 5.58 Å². The van der Waals surface area contributed by atoms with Crippen molar-refractivity contribution >= 4 is 28.8 Å². The lowest BCUT2D eigenvalue weighted by Crippen LogP contribution is -2.49. The molecule has 2 aromatic carbocycles. The molecule has 2 fully saturated rings. The average molecular weight is 419 g/mol. The summed E-state index contributed by atoms with van der Waals surface area (Å²) < 4.78 is 5.97. The minimum atomic E-state index is 0.0412. The van der Waals surface area contributed by atoms with Gasteiger partial charge in [0.05, 0.1) is 0 Å². The summed E-state index contributed by atoms with van der Waals surface area (Å²) in [6.45, 7) is 2.68. The summed E-state index contributed by atoms with van der Waals surface area (Å²) in [5, 5.41) is 3.11. The predicted octanol–water partition coefficient (Wildman–Crippen LogP) is 5.52. The Morgan fingerprint density at radius 3 is 2.48 bits per heavy atom. The van der Waals surface area contributed by atoms with Crippen LogP contribution in [-0.4, -0.2) is 41.6 Å². The van der Waals surface area contributed by atoms with Gasteiger partial charge in [-0.05, 0) is 55.9 Å². The summed E-state index contributed by atoms with van der Waals surface area (Å²) in [7, 11) is 0. The number of nitrogens with one attached hydrogen (secondary N) is 1. The van der Waals surface area contributed by atoms with Crippen LogP contribution in [0.1, 0.15) is 38.5 Å². The van der Waals surface area contributed by atoms with E-state index in [1.807, 2.05) is 54.6 Å². The second kappa shape index (κ2) is 9.00. The third-order valence-electron chi connectivity index (χ3n) is 6.72. The number of oxazole rings is 1. The SMILES string of the molecule is O=C(Nc1ccccc1)N1CCCCC[C@H]1C1CCN(c2nc3ccccc3o2)CC1. The van der Waals surface area contributed by atoms with Crippen LogP contribution in [-0.2, 0) is 0 Å². The fraction of sp³-hybridized carbons (Fsp3) is 0.440. The third kappa shape index (κ3) is 4.38. The Labute approximate surface area is 183 Å². The van der Waals surface area contributed by atoms with E-state index in [2.05, 4.69) is 20.1 Å². The molecule has 0 bridgehead atoms. The lowest BCUT2D eigenvalue weighted by molar-refractivity contribution is 0.146. The number of urea groups is 1.